The zero-order valence-corrected chi connectivity index (χ0v) is 15.3. The molecule has 0 radical (unpaired) electrons. The predicted octanol–water partition coefficient (Wildman–Crippen LogP) is 3.08. The molecule has 0 unspecified atom stereocenters. The minimum atomic E-state index is -0.394. The van der Waals surface area contributed by atoms with E-state index in [4.69, 9.17) is 4.74 Å². The Morgan fingerprint density at radius 2 is 1.92 bits per heavy atom. The smallest absolute Gasteiger partial charge is 0.279 e. The van der Waals surface area contributed by atoms with Gasteiger partial charge < -0.3 is 4.74 Å². The Labute approximate surface area is 151 Å². The van der Waals surface area contributed by atoms with E-state index < -0.39 is 5.91 Å². The second kappa shape index (κ2) is 7.70. The van der Waals surface area contributed by atoms with Crippen LogP contribution in [0.15, 0.2) is 24.3 Å². The van der Waals surface area contributed by atoms with Gasteiger partial charge in [-0.1, -0.05) is 17.7 Å². The minimum absolute atomic E-state index is 0.148. The lowest BCUT2D eigenvalue weighted by Gasteiger charge is -2.10. The van der Waals surface area contributed by atoms with Gasteiger partial charge in [0, 0.05) is 4.88 Å². The van der Waals surface area contributed by atoms with Crippen molar-refractivity contribution in [1.29, 1.82) is 0 Å². The molecule has 2 aromatic rings. The van der Waals surface area contributed by atoms with Crippen LogP contribution in [0.4, 0.5) is 0 Å². The van der Waals surface area contributed by atoms with Crippen molar-refractivity contribution in [2.75, 3.05) is 6.61 Å². The molecule has 0 fully saturated rings. The number of aryl methyl sites for hydroxylation is 4. The SMILES string of the molecule is Cc1ccc(OCC(=O)NNC(=O)c2cc3c(s2)CCCC3)c(C)c1. The average molecular weight is 358 g/mol. The van der Waals surface area contributed by atoms with Crippen molar-refractivity contribution in [2.24, 2.45) is 0 Å². The summed E-state index contributed by atoms with van der Waals surface area (Å²) in [5.74, 6) is -0.00748. The molecule has 2 amide bonds. The van der Waals surface area contributed by atoms with Gasteiger partial charge in [0.2, 0.25) is 0 Å². The number of ether oxygens (including phenoxy) is 1. The highest BCUT2D eigenvalue weighted by Crippen LogP contribution is 2.29. The van der Waals surface area contributed by atoms with E-state index in [9.17, 15) is 9.59 Å². The minimum Gasteiger partial charge on any atom is -0.483 e. The molecule has 132 valence electrons. The first-order valence-corrected chi connectivity index (χ1v) is 9.25. The van der Waals surface area contributed by atoms with Crippen LogP contribution in [0.2, 0.25) is 0 Å². The summed E-state index contributed by atoms with van der Waals surface area (Å²) in [6.07, 6.45) is 4.44. The molecule has 0 saturated carbocycles. The lowest BCUT2D eigenvalue weighted by molar-refractivity contribution is -0.123. The first-order chi connectivity index (χ1) is 12.0. The molecule has 2 N–H and O–H groups in total. The number of fused-ring (bicyclic) bond motifs is 1. The van der Waals surface area contributed by atoms with Crippen LogP contribution in [0.5, 0.6) is 5.75 Å². The summed E-state index contributed by atoms with van der Waals surface area (Å²) in [6.45, 7) is 3.78. The third-order valence-corrected chi connectivity index (χ3v) is 5.46. The van der Waals surface area contributed by atoms with Gasteiger partial charge in [0.1, 0.15) is 5.75 Å². The van der Waals surface area contributed by atoms with Crippen LogP contribution < -0.4 is 15.6 Å². The van der Waals surface area contributed by atoms with Crippen LogP contribution in [-0.4, -0.2) is 18.4 Å². The number of carbonyl (C=O) groups is 2. The van der Waals surface area contributed by atoms with E-state index in [-0.39, 0.29) is 12.5 Å². The van der Waals surface area contributed by atoms with E-state index in [0.29, 0.717) is 10.6 Å². The van der Waals surface area contributed by atoms with Crippen molar-refractivity contribution in [3.05, 3.63) is 50.7 Å². The molecule has 1 aliphatic rings. The molecule has 6 heteroatoms. The van der Waals surface area contributed by atoms with Crippen molar-refractivity contribution in [1.82, 2.24) is 10.9 Å². The number of carbonyl (C=O) groups excluding carboxylic acids is 2. The quantitative estimate of drug-likeness (QED) is 0.826. The number of rotatable bonds is 4. The van der Waals surface area contributed by atoms with Gasteiger partial charge in [-0.15, -0.1) is 11.3 Å². The Bertz CT molecular complexity index is 774. The van der Waals surface area contributed by atoms with Gasteiger partial charge >= 0.3 is 0 Å². The number of nitrogens with one attached hydrogen (secondary N) is 2. The monoisotopic (exact) mass is 358 g/mol. The number of benzene rings is 1. The predicted molar refractivity (Wildman–Crippen MR) is 98.0 cm³/mol. The van der Waals surface area contributed by atoms with Crippen molar-refractivity contribution < 1.29 is 14.3 Å². The van der Waals surface area contributed by atoms with Gasteiger partial charge in [-0.25, -0.2) is 0 Å². The van der Waals surface area contributed by atoms with Crippen LogP contribution in [-0.2, 0) is 17.6 Å². The molecular formula is C19H22N2O3S. The van der Waals surface area contributed by atoms with E-state index >= 15 is 0 Å². The molecule has 1 aliphatic carbocycles. The summed E-state index contributed by atoms with van der Waals surface area (Å²) >= 11 is 1.51. The highest BCUT2D eigenvalue weighted by atomic mass is 32.1. The Kier molecular flexibility index (Phi) is 5.38. The fourth-order valence-electron chi connectivity index (χ4n) is 2.93. The molecule has 0 bridgehead atoms. The Morgan fingerprint density at radius 1 is 1.12 bits per heavy atom. The van der Waals surface area contributed by atoms with Gasteiger partial charge in [-0.2, -0.15) is 0 Å². The number of hydrazine groups is 1. The fourth-order valence-corrected chi connectivity index (χ4v) is 4.08. The van der Waals surface area contributed by atoms with E-state index in [1.54, 1.807) is 0 Å². The normalized spacial score (nSPS) is 13.0. The van der Waals surface area contributed by atoms with Gasteiger partial charge in [-0.3, -0.25) is 20.4 Å². The zero-order chi connectivity index (χ0) is 17.8. The second-order valence-corrected chi connectivity index (χ2v) is 7.46. The molecule has 3 rings (SSSR count). The molecule has 5 nitrogen and oxygen atoms in total. The molecule has 25 heavy (non-hydrogen) atoms. The Hall–Kier alpha value is -2.34. The number of hydrogen-bond donors (Lipinski definition) is 2. The standard InChI is InChI=1S/C19H22N2O3S/c1-12-7-8-15(13(2)9-12)24-11-18(22)20-21-19(23)17-10-14-5-3-4-6-16(14)25-17/h7-10H,3-6,11H2,1-2H3,(H,20,22)(H,21,23). The van der Waals surface area contributed by atoms with Crippen molar-refractivity contribution >= 4 is 23.2 Å². The number of hydrogen-bond acceptors (Lipinski definition) is 4. The Morgan fingerprint density at radius 3 is 2.68 bits per heavy atom. The Balaban J connectivity index is 1.48. The first kappa shape index (κ1) is 17.5. The van der Waals surface area contributed by atoms with Crippen LogP contribution >= 0.6 is 11.3 Å². The van der Waals surface area contributed by atoms with Gasteiger partial charge in [-0.05, 0) is 62.8 Å². The lowest BCUT2D eigenvalue weighted by Crippen LogP contribution is -2.43. The number of amides is 2. The second-order valence-electron chi connectivity index (χ2n) is 6.33. The van der Waals surface area contributed by atoms with Crippen LogP contribution in [0.3, 0.4) is 0 Å². The molecule has 0 atom stereocenters. The lowest BCUT2D eigenvalue weighted by atomic mass is 9.99. The number of thiophene rings is 1. The summed E-state index contributed by atoms with van der Waals surface area (Å²) in [6, 6.07) is 7.70. The molecule has 1 aromatic carbocycles. The maximum atomic E-state index is 12.2. The van der Waals surface area contributed by atoms with Crippen LogP contribution in [0, 0.1) is 13.8 Å². The average Bonchev–Trinajstić information content (AvgIpc) is 3.03. The van der Waals surface area contributed by atoms with Crippen molar-refractivity contribution in [2.45, 2.75) is 39.5 Å². The molecule has 0 saturated heterocycles. The summed E-state index contributed by atoms with van der Waals surface area (Å²) in [5, 5.41) is 0. The third kappa shape index (κ3) is 4.39. The van der Waals surface area contributed by atoms with Gasteiger partial charge in [0.15, 0.2) is 6.61 Å². The first-order valence-electron chi connectivity index (χ1n) is 8.44. The fraction of sp³-hybridized carbons (Fsp3) is 0.368. The molecule has 0 aliphatic heterocycles. The van der Waals surface area contributed by atoms with E-state index in [2.05, 4.69) is 10.9 Å². The van der Waals surface area contributed by atoms with E-state index in [0.717, 1.165) is 24.0 Å². The van der Waals surface area contributed by atoms with Gasteiger partial charge in [0.05, 0.1) is 4.88 Å². The van der Waals surface area contributed by atoms with Gasteiger partial charge in [0.25, 0.3) is 11.8 Å². The highest BCUT2D eigenvalue weighted by molar-refractivity contribution is 7.14. The van der Waals surface area contributed by atoms with Crippen LogP contribution in [0.1, 0.15) is 44.1 Å². The molecule has 0 spiro atoms. The summed E-state index contributed by atoms with van der Waals surface area (Å²) in [7, 11) is 0. The summed E-state index contributed by atoms with van der Waals surface area (Å²) in [5.41, 5.74) is 8.25. The summed E-state index contributed by atoms with van der Waals surface area (Å²) < 4.78 is 5.50. The van der Waals surface area contributed by atoms with Crippen molar-refractivity contribution in [3.63, 3.8) is 0 Å². The third-order valence-electron chi connectivity index (χ3n) is 4.23. The molecule has 1 heterocycles. The van der Waals surface area contributed by atoms with E-state index in [1.165, 1.54) is 34.6 Å². The van der Waals surface area contributed by atoms with E-state index in [1.807, 2.05) is 38.1 Å². The molecular weight excluding hydrogens is 336 g/mol. The molecule has 1 aromatic heterocycles. The maximum Gasteiger partial charge on any atom is 0.279 e. The summed E-state index contributed by atoms with van der Waals surface area (Å²) in [4.78, 5) is 26.0. The maximum absolute atomic E-state index is 12.2. The highest BCUT2D eigenvalue weighted by Gasteiger charge is 2.17. The zero-order valence-electron chi connectivity index (χ0n) is 14.5. The topological polar surface area (TPSA) is 67.4 Å². The van der Waals surface area contributed by atoms with Crippen molar-refractivity contribution in [3.8, 4) is 5.75 Å². The largest absolute Gasteiger partial charge is 0.483 e. The van der Waals surface area contributed by atoms with Crippen LogP contribution in [0.25, 0.3) is 0 Å².